The van der Waals surface area contributed by atoms with E-state index < -0.39 is 0 Å². The normalized spacial score (nSPS) is 15.0. The van der Waals surface area contributed by atoms with E-state index in [2.05, 4.69) is 24.9 Å². The van der Waals surface area contributed by atoms with Crippen LogP contribution in [0.25, 0.3) is 17.2 Å². The van der Waals surface area contributed by atoms with Crippen molar-refractivity contribution in [3.8, 4) is 11.4 Å². The Bertz CT molecular complexity index is 1260. The van der Waals surface area contributed by atoms with E-state index in [4.69, 9.17) is 0 Å². The summed E-state index contributed by atoms with van der Waals surface area (Å²) in [5.74, 6) is 0.162. The number of halogens is 2. The van der Waals surface area contributed by atoms with Gasteiger partial charge in [0.2, 0.25) is 0 Å². The predicted molar refractivity (Wildman–Crippen MR) is 113 cm³/mol. The van der Waals surface area contributed by atoms with E-state index in [1.54, 1.807) is 24.3 Å². The summed E-state index contributed by atoms with van der Waals surface area (Å²) in [6.07, 6.45) is 0. The van der Waals surface area contributed by atoms with Crippen LogP contribution in [0.4, 0.5) is 14.5 Å². The molecule has 158 valence electrons. The molecule has 2 aromatic carbocycles. The number of piperazine rings is 1. The first-order valence-corrected chi connectivity index (χ1v) is 10.0. The zero-order valence-corrected chi connectivity index (χ0v) is 16.6. The van der Waals surface area contributed by atoms with Crippen LogP contribution in [0.15, 0.2) is 59.4 Å². The lowest BCUT2D eigenvalue weighted by Crippen LogP contribution is -2.46. The minimum Gasteiger partial charge on any atom is -0.369 e. The largest absolute Gasteiger partial charge is 0.369 e. The molecule has 0 spiro atoms. The highest BCUT2D eigenvalue weighted by atomic mass is 19.1. The number of anilines is 1. The van der Waals surface area contributed by atoms with Crippen molar-refractivity contribution in [3.63, 3.8) is 0 Å². The van der Waals surface area contributed by atoms with Crippen molar-refractivity contribution in [3.05, 3.63) is 82.3 Å². The van der Waals surface area contributed by atoms with E-state index in [1.807, 2.05) is 0 Å². The van der Waals surface area contributed by atoms with E-state index in [1.165, 1.54) is 34.8 Å². The summed E-state index contributed by atoms with van der Waals surface area (Å²) in [6.45, 7) is 3.77. The van der Waals surface area contributed by atoms with Crippen LogP contribution in [0.2, 0.25) is 0 Å². The van der Waals surface area contributed by atoms with Crippen molar-refractivity contribution < 1.29 is 8.78 Å². The first kappa shape index (κ1) is 19.4. The third-order valence-corrected chi connectivity index (χ3v) is 5.45. The van der Waals surface area contributed by atoms with Crippen molar-refractivity contribution in [2.75, 3.05) is 31.1 Å². The van der Waals surface area contributed by atoms with Crippen molar-refractivity contribution in [1.29, 1.82) is 0 Å². The number of hydrogen-bond donors (Lipinski definition) is 1. The summed E-state index contributed by atoms with van der Waals surface area (Å²) in [6, 6.07) is 13.9. The van der Waals surface area contributed by atoms with Gasteiger partial charge >= 0.3 is 0 Å². The fourth-order valence-corrected chi connectivity index (χ4v) is 3.79. The molecule has 1 saturated heterocycles. The molecule has 1 fully saturated rings. The van der Waals surface area contributed by atoms with Gasteiger partial charge in [-0.1, -0.05) is 0 Å². The molecule has 1 N–H and O–H groups in total. The number of nitrogens with one attached hydrogen (secondary N) is 1. The molecule has 0 amide bonds. The predicted octanol–water partition coefficient (Wildman–Crippen LogP) is 2.69. The topological polar surface area (TPSA) is 69.5 Å². The van der Waals surface area contributed by atoms with Gasteiger partial charge in [-0.15, -0.1) is 0 Å². The van der Waals surface area contributed by atoms with Gasteiger partial charge in [0.25, 0.3) is 11.3 Å². The molecule has 0 saturated carbocycles. The zero-order chi connectivity index (χ0) is 21.4. The van der Waals surface area contributed by atoms with Crippen molar-refractivity contribution >= 4 is 11.5 Å². The smallest absolute Gasteiger partial charge is 0.274 e. The first-order chi connectivity index (χ1) is 15.0. The van der Waals surface area contributed by atoms with Crippen LogP contribution in [0.1, 0.15) is 5.69 Å². The van der Waals surface area contributed by atoms with Crippen LogP contribution >= 0.6 is 0 Å². The molecule has 9 heteroatoms. The monoisotopic (exact) mass is 422 g/mol. The van der Waals surface area contributed by atoms with Gasteiger partial charge in [-0.3, -0.25) is 14.8 Å². The molecule has 31 heavy (non-hydrogen) atoms. The standard InChI is InChI=1S/C22H20F2N6O/c23-16-3-1-15(2-4-16)21-26-22-25-18(13-20(31)30(22)27-21)14-28-9-11-29(12-10-28)19-7-5-17(24)6-8-19/h1-8,13H,9-12,14H2,(H,25,26,27). The third-order valence-electron chi connectivity index (χ3n) is 5.45. The lowest BCUT2D eigenvalue weighted by molar-refractivity contribution is 0.247. The molecule has 4 aromatic rings. The summed E-state index contributed by atoms with van der Waals surface area (Å²) < 4.78 is 27.6. The molecule has 1 aliphatic rings. The van der Waals surface area contributed by atoms with E-state index in [0.29, 0.717) is 23.6 Å². The van der Waals surface area contributed by atoms with Gasteiger partial charge < -0.3 is 4.90 Å². The lowest BCUT2D eigenvalue weighted by atomic mass is 10.2. The van der Waals surface area contributed by atoms with Gasteiger partial charge in [0.05, 0.1) is 5.69 Å². The number of nitrogens with zero attached hydrogens (tertiary/aromatic N) is 5. The van der Waals surface area contributed by atoms with Crippen LogP contribution in [-0.2, 0) is 6.54 Å². The van der Waals surface area contributed by atoms with Crippen LogP contribution in [0.5, 0.6) is 0 Å². The number of fused-ring (bicyclic) bond motifs is 1. The number of aromatic nitrogens is 4. The second-order valence-corrected chi connectivity index (χ2v) is 7.54. The molecule has 5 rings (SSSR count). The van der Waals surface area contributed by atoms with Gasteiger partial charge in [0, 0.05) is 50.0 Å². The Morgan fingerprint density at radius 1 is 0.871 bits per heavy atom. The molecule has 3 heterocycles. The van der Waals surface area contributed by atoms with Crippen molar-refractivity contribution in [2.24, 2.45) is 0 Å². The lowest BCUT2D eigenvalue weighted by Gasteiger charge is -2.35. The highest BCUT2D eigenvalue weighted by molar-refractivity contribution is 5.56. The molecule has 0 unspecified atom stereocenters. The molecule has 0 radical (unpaired) electrons. The molecule has 2 aromatic heterocycles. The Hall–Kier alpha value is -3.59. The summed E-state index contributed by atoms with van der Waals surface area (Å²) in [7, 11) is 0. The maximum atomic E-state index is 13.2. The molecule has 7 nitrogen and oxygen atoms in total. The van der Waals surface area contributed by atoms with E-state index in [9.17, 15) is 13.6 Å². The van der Waals surface area contributed by atoms with Gasteiger partial charge in [-0.2, -0.15) is 9.50 Å². The van der Waals surface area contributed by atoms with E-state index in [0.717, 1.165) is 31.9 Å². The number of rotatable bonds is 4. The maximum Gasteiger partial charge on any atom is 0.274 e. The maximum absolute atomic E-state index is 13.2. The highest BCUT2D eigenvalue weighted by Crippen LogP contribution is 2.18. The number of H-pyrrole nitrogens is 1. The van der Waals surface area contributed by atoms with E-state index in [-0.39, 0.29) is 23.0 Å². The number of benzene rings is 2. The van der Waals surface area contributed by atoms with Crippen molar-refractivity contribution in [1.82, 2.24) is 24.5 Å². The molecule has 0 atom stereocenters. The van der Waals surface area contributed by atoms with Crippen molar-refractivity contribution in [2.45, 2.75) is 6.54 Å². The van der Waals surface area contributed by atoms with Gasteiger partial charge in [0.1, 0.15) is 11.6 Å². The Morgan fingerprint density at radius 2 is 1.52 bits per heavy atom. The SMILES string of the molecule is O=c1cc(CN2CCN(c3ccc(F)cc3)CC2)nc2nc(-c3ccc(F)cc3)[nH]n12. The first-order valence-electron chi connectivity index (χ1n) is 10.0. The highest BCUT2D eigenvalue weighted by Gasteiger charge is 2.19. The quantitative estimate of drug-likeness (QED) is 0.548. The van der Waals surface area contributed by atoms with E-state index >= 15 is 0 Å². The Labute approximate surface area is 176 Å². The summed E-state index contributed by atoms with van der Waals surface area (Å²) in [5, 5.41) is 2.92. The van der Waals surface area contributed by atoms with Gasteiger partial charge in [-0.05, 0) is 48.5 Å². The second-order valence-electron chi connectivity index (χ2n) is 7.54. The molecular weight excluding hydrogens is 402 g/mol. The van der Waals surface area contributed by atoms with Crippen LogP contribution in [0.3, 0.4) is 0 Å². The van der Waals surface area contributed by atoms with Crippen LogP contribution in [0, 0.1) is 11.6 Å². The second kappa shape index (κ2) is 7.92. The van der Waals surface area contributed by atoms with Crippen LogP contribution in [-0.4, -0.2) is 50.7 Å². The minimum absolute atomic E-state index is 0.240. The fraction of sp³-hybridized carbons (Fsp3) is 0.227. The third kappa shape index (κ3) is 4.04. The molecular formula is C22H20F2N6O. The summed E-state index contributed by atoms with van der Waals surface area (Å²) in [5.41, 5.74) is 2.08. The zero-order valence-electron chi connectivity index (χ0n) is 16.6. The summed E-state index contributed by atoms with van der Waals surface area (Å²) >= 11 is 0. The Kier molecular flexibility index (Phi) is 4.95. The summed E-state index contributed by atoms with van der Waals surface area (Å²) in [4.78, 5) is 25.9. The Morgan fingerprint density at radius 3 is 2.19 bits per heavy atom. The molecule has 1 aliphatic heterocycles. The number of hydrogen-bond acceptors (Lipinski definition) is 5. The minimum atomic E-state index is -0.336. The Balaban J connectivity index is 1.30. The van der Waals surface area contributed by atoms with Gasteiger partial charge in [-0.25, -0.2) is 13.8 Å². The average Bonchev–Trinajstić information content (AvgIpc) is 3.20. The fourth-order valence-electron chi connectivity index (χ4n) is 3.79. The molecule has 0 aliphatic carbocycles. The van der Waals surface area contributed by atoms with Gasteiger partial charge in [0.15, 0.2) is 5.82 Å². The average molecular weight is 422 g/mol. The number of aromatic amines is 1. The molecule has 0 bridgehead atoms. The van der Waals surface area contributed by atoms with Crippen LogP contribution < -0.4 is 10.5 Å².